The van der Waals surface area contributed by atoms with Crippen molar-refractivity contribution in [2.45, 2.75) is 33.1 Å². The first kappa shape index (κ1) is 18.4. The smallest absolute Gasteiger partial charge is 0.378 e. The highest BCUT2D eigenvalue weighted by Gasteiger charge is 2.51. The second-order valence-electron chi connectivity index (χ2n) is 6.55. The van der Waals surface area contributed by atoms with E-state index in [1.165, 1.54) is 32.2 Å². The summed E-state index contributed by atoms with van der Waals surface area (Å²) in [6.07, 6.45) is -3.07. The number of methoxy groups -OCH3 is 1. The van der Waals surface area contributed by atoms with Gasteiger partial charge in [0.2, 0.25) is 0 Å². The first-order chi connectivity index (χ1) is 11.1. The lowest BCUT2D eigenvalue weighted by Gasteiger charge is -2.44. The fraction of sp³-hybridized carbons (Fsp3) is 0.667. The zero-order valence-electron chi connectivity index (χ0n) is 13.9. The predicted octanol–water partition coefficient (Wildman–Crippen LogP) is 3.07. The molecule has 0 radical (unpaired) electrons. The van der Waals surface area contributed by atoms with Crippen LogP contribution in [-0.4, -0.2) is 47.3 Å². The van der Waals surface area contributed by atoms with Gasteiger partial charge < -0.3 is 9.64 Å². The highest BCUT2D eigenvalue weighted by atomic mass is 19.4. The molecule has 0 saturated carbocycles. The number of urea groups is 1. The number of rotatable bonds is 3. The zero-order chi connectivity index (χ0) is 18.0. The van der Waals surface area contributed by atoms with Crippen molar-refractivity contribution in [1.82, 2.24) is 14.9 Å². The number of aromatic nitrogens is 2. The van der Waals surface area contributed by atoms with Crippen LogP contribution in [0.5, 0.6) is 0 Å². The van der Waals surface area contributed by atoms with Gasteiger partial charge in [-0.2, -0.15) is 13.2 Å². The molecule has 9 heteroatoms. The van der Waals surface area contributed by atoms with Crippen LogP contribution in [0.25, 0.3) is 0 Å². The van der Waals surface area contributed by atoms with E-state index in [1.54, 1.807) is 6.07 Å². The lowest BCUT2D eigenvalue weighted by Crippen LogP contribution is -2.53. The fourth-order valence-electron chi connectivity index (χ4n) is 3.02. The number of hydrogen-bond donors (Lipinski definition) is 1. The largest absolute Gasteiger partial charge is 0.392 e. The van der Waals surface area contributed by atoms with Crippen molar-refractivity contribution in [3.05, 3.63) is 18.1 Å². The van der Waals surface area contributed by atoms with E-state index < -0.39 is 23.5 Å². The van der Waals surface area contributed by atoms with Crippen LogP contribution in [-0.2, 0) is 11.3 Å². The molecule has 1 fully saturated rings. The third-order valence-corrected chi connectivity index (χ3v) is 4.16. The maximum atomic E-state index is 13.1. The molecule has 1 aliphatic heterocycles. The first-order valence-corrected chi connectivity index (χ1v) is 7.56. The lowest BCUT2D eigenvalue weighted by atomic mass is 9.73. The van der Waals surface area contributed by atoms with E-state index in [4.69, 9.17) is 4.74 Å². The van der Waals surface area contributed by atoms with Gasteiger partial charge in [0.15, 0.2) is 0 Å². The fourth-order valence-corrected chi connectivity index (χ4v) is 3.02. The Morgan fingerprint density at radius 3 is 2.75 bits per heavy atom. The van der Waals surface area contributed by atoms with Gasteiger partial charge in [-0.05, 0) is 11.8 Å². The molecule has 0 aliphatic carbocycles. The third kappa shape index (κ3) is 4.34. The molecule has 0 aromatic carbocycles. The van der Waals surface area contributed by atoms with Gasteiger partial charge in [-0.3, -0.25) is 5.32 Å². The molecule has 1 atom stereocenters. The van der Waals surface area contributed by atoms with Crippen molar-refractivity contribution in [3.8, 4) is 0 Å². The lowest BCUT2D eigenvalue weighted by molar-refractivity contribution is -0.214. The number of alkyl halides is 3. The van der Waals surface area contributed by atoms with Crippen molar-refractivity contribution < 1.29 is 22.7 Å². The molecule has 134 valence electrons. The number of nitrogens with one attached hydrogen (secondary N) is 1. The molecule has 1 aliphatic rings. The van der Waals surface area contributed by atoms with Crippen LogP contribution in [0, 0.1) is 11.3 Å². The van der Waals surface area contributed by atoms with Crippen molar-refractivity contribution >= 4 is 11.8 Å². The Morgan fingerprint density at radius 1 is 1.46 bits per heavy atom. The van der Waals surface area contributed by atoms with Gasteiger partial charge in [0.1, 0.15) is 12.1 Å². The predicted molar refractivity (Wildman–Crippen MR) is 81.3 cm³/mol. The number of hydrogen-bond acceptors (Lipinski definition) is 4. The molecule has 0 unspecified atom stereocenters. The van der Waals surface area contributed by atoms with E-state index in [1.807, 2.05) is 0 Å². The Bertz CT molecular complexity index is 592. The highest BCUT2D eigenvalue weighted by molar-refractivity contribution is 5.88. The molecule has 0 spiro atoms. The van der Waals surface area contributed by atoms with Crippen molar-refractivity contribution in [3.63, 3.8) is 0 Å². The molecule has 0 bridgehead atoms. The number of ether oxygens (including phenoxy) is 1. The minimum absolute atomic E-state index is 0.0268. The summed E-state index contributed by atoms with van der Waals surface area (Å²) < 4.78 is 44.2. The van der Waals surface area contributed by atoms with Crippen LogP contribution < -0.4 is 5.32 Å². The summed E-state index contributed by atoms with van der Waals surface area (Å²) in [7, 11) is 1.52. The molecule has 1 aromatic rings. The second kappa shape index (κ2) is 6.92. The summed E-state index contributed by atoms with van der Waals surface area (Å²) in [4.78, 5) is 21.6. The van der Waals surface area contributed by atoms with E-state index in [0.29, 0.717) is 5.69 Å². The quantitative estimate of drug-likeness (QED) is 0.913. The van der Waals surface area contributed by atoms with Crippen LogP contribution in [0.1, 0.15) is 26.0 Å². The number of piperidine rings is 1. The van der Waals surface area contributed by atoms with Gasteiger partial charge >= 0.3 is 12.2 Å². The summed E-state index contributed by atoms with van der Waals surface area (Å²) >= 11 is 0. The van der Waals surface area contributed by atoms with Gasteiger partial charge in [0.25, 0.3) is 0 Å². The molecule has 1 N–H and O–H groups in total. The van der Waals surface area contributed by atoms with Crippen LogP contribution in [0.2, 0.25) is 0 Å². The van der Waals surface area contributed by atoms with Gasteiger partial charge in [-0.1, -0.05) is 13.8 Å². The van der Waals surface area contributed by atoms with Gasteiger partial charge in [0, 0.05) is 26.3 Å². The molecule has 2 heterocycles. The minimum atomic E-state index is -4.26. The molecule has 24 heavy (non-hydrogen) atoms. The molecular weight excluding hydrogens is 325 g/mol. The average molecular weight is 346 g/mol. The molecule has 6 nitrogen and oxygen atoms in total. The third-order valence-electron chi connectivity index (χ3n) is 4.16. The zero-order valence-corrected chi connectivity index (χ0v) is 13.9. The summed E-state index contributed by atoms with van der Waals surface area (Å²) in [5.41, 5.74) is -0.445. The SMILES string of the molecule is COCc1cc(NC(=O)N2CC[C@H](C(F)(F)F)C(C)(C)C2)ncn1. The van der Waals surface area contributed by atoms with Gasteiger partial charge in [0.05, 0.1) is 18.2 Å². The standard InChI is InChI=1S/C15H21F3N4O2/c1-14(2)8-22(5-4-11(14)15(16,17)18)13(23)21-12-6-10(7-24-3)19-9-20-12/h6,9,11H,4-5,7-8H2,1-3H3,(H,19,20,21,23)/t11-/m0/s1. The summed E-state index contributed by atoms with van der Waals surface area (Å²) in [6.45, 7) is 3.42. The van der Waals surface area contributed by atoms with E-state index in [-0.39, 0.29) is 31.9 Å². The van der Waals surface area contributed by atoms with Gasteiger partial charge in [-0.15, -0.1) is 0 Å². The number of anilines is 1. The summed E-state index contributed by atoms with van der Waals surface area (Å²) in [5.74, 6) is -1.13. The topological polar surface area (TPSA) is 67.3 Å². The highest BCUT2D eigenvalue weighted by Crippen LogP contribution is 2.45. The second-order valence-corrected chi connectivity index (χ2v) is 6.55. The summed E-state index contributed by atoms with van der Waals surface area (Å²) in [5, 5.41) is 2.60. The Balaban J connectivity index is 2.03. The minimum Gasteiger partial charge on any atom is -0.378 e. The van der Waals surface area contributed by atoms with Crippen LogP contribution in [0.4, 0.5) is 23.8 Å². The van der Waals surface area contributed by atoms with Crippen molar-refractivity contribution in [2.75, 3.05) is 25.5 Å². The number of likely N-dealkylation sites (tertiary alicyclic amines) is 1. The molecule has 1 saturated heterocycles. The number of amides is 2. The van der Waals surface area contributed by atoms with E-state index in [0.717, 1.165) is 0 Å². The Hall–Kier alpha value is -1.90. The Morgan fingerprint density at radius 2 is 2.17 bits per heavy atom. The maximum Gasteiger partial charge on any atom is 0.392 e. The normalized spacial score (nSPS) is 20.8. The number of halogens is 3. The molecule has 2 rings (SSSR count). The number of carbonyl (C=O) groups is 1. The van der Waals surface area contributed by atoms with Gasteiger partial charge in [-0.25, -0.2) is 14.8 Å². The number of carbonyl (C=O) groups excluding carboxylic acids is 1. The molecule has 1 aromatic heterocycles. The van der Waals surface area contributed by atoms with Crippen molar-refractivity contribution in [2.24, 2.45) is 11.3 Å². The van der Waals surface area contributed by atoms with Crippen LogP contribution in [0.15, 0.2) is 12.4 Å². The first-order valence-electron chi connectivity index (χ1n) is 7.56. The van der Waals surface area contributed by atoms with E-state index in [2.05, 4.69) is 15.3 Å². The van der Waals surface area contributed by atoms with E-state index in [9.17, 15) is 18.0 Å². The van der Waals surface area contributed by atoms with Crippen LogP contribution >= 0.6 is 0 Å². The monoisotopic (exact) mass is 346 g/mol. The van der Waals surface area contributed by atoms with Crippen molar-refractivity contribution in [1.29, 1.82) is 0 Å². The molecule has 2 amide bonds. The summed E-state index contributed by atoms with van der Waals surface area (Å²) in [6, 6.07) is 1.10. The average Bonchev–Trinajstić information content (AvgIpc) is 2.45. The van der Waals surface area contributed by atoms with Crippen LogP contribution in [0.3, 0.4) is 0 Å². The maximum absolute atomic E-state index is 13.1. The number of nitrogens with zero attached hydrogens (tertiary/aromatic N) is 3. The van der Waals surface area contributed by atoms with E-state index >= 15 is 0 Å². The molecular formula is C15H21F3N4O2. The Labute approximate surface area is 138 Å². The Kier molecular flexibility index (Phi) is 5.32.